The Morgan fingerprint density at radius 1 is 1.10 bits per heavy atom. The van der Waals surface area contributed by atoms with Gasteiger partial charge in [-0.15, -0.1) is 0 Å². The lowest BCUT2D eigenvalue weighted by Gasteiger charge is -2.12. The molecular weight excluding hydrogens is 406 g/mol. The number of methoxy groups -OCH3 is 1. The summed E-state index contributed by atoms with van der Waals surface area (Å²) in [7, 11) is 1.04. The molecule has 2 aromatic carbocycles. The number of carbonyl (C=O) groups excluding carboxylic acids is 2. The quantitative estimate of drug-likeness (QED) is 0.213. The van der Waals surface area contributed by atoms with Crippen molar-refractivity contribution in [2.24, 2.45) is 0 Å². The summed E-state index contributed by atoms with van der Waals surface area (Å²) < 4.78 is 64.4. The normalized spacial score (nSPS) is 10.6. The van der Waals surface area contributed by atoms with Crippen LogP contribution in [-0.4, -0.2) is 37.0 Å². The van der Waals surface area contributed by atoms with Crippen molar-refractivity contribution >= 4 is 17.4 Å². The molecule has 0 radical (unpaired) electrons. The highest BCUT2D eigenvalue weighted by Crippen LogP contribution is 2.36. The molecule has 0 spiro atoms. The van der Waals surface area contributed by atoms with Gasteiger partial charge >= 0.3 is 12.6 Å². The first kappa shape index (κ1) is 21.6. The van der Waals surface area contributed by atoms with Crippen LogP contribution in [0.5, 0.6) is 11.5 Å². The second-order valence-corrected chi connectivity index (χ2v) is 5.28. The number of nitro benzene ring substituents is 1. The predicted octanol–water partition coefficient (Wildman–Crippen LogP) is 3.52. The summed E-state index contributed by atoms with van der Waals surface area (Å²) in [6.07, 6.45) is 0. The molecular formula is C17H11F4NO7. The minimum Gasteiger partial charge on any atom is -0.493 e. The molecule has 0 unspecified atom stereocenters. The zero-order valence-electron chi connectivity index (χ0n) is 14.5. The van der Waals surface area contributed by atoms with E-state index < -0.39 is 64.3 Å². The lowest BCUT2D eigenvalue weighted by Crippen LogP contribution is -2.16. The van der Waals surface area contributed by atoms with E-state index in [0.29, 0.717) is 18.2 Å². The number of benzene rings is 2. The number of rotatable bonds is 8. The molecule has 0 aromatic heterocycles. The summed E-state index contributed by atoms with van der Waals surface area (Å²) in [5, 5.41) is 11.2. The molecule has 0 heterocycles. The van der Waals surface area contributed by atoms with E-state index in [-0.39, 0.29) is 5.56 Å². The van der Waals surface area contributed by atoms with Gasteiger partial charge in [-0.25, -0.2) is 13.6 Å². The SMILES string of the molecule is COc1cc(C(=O)OCC(=O)c2ccc(F)c(F)c2)c([N+](=O)[O-])cc1OC(F)F. The van der Waals surface area contributed by atoms with Gasteiger partial charge in [-0.1, -0.05) is 0 Å². The minimum absolute atomic E-state index is 0.301. The number of ether oxygens (including phenoxy) is 3. The van der Waals surface area contributed by atoms with Gasteiger partial charge < -0.3 is 14.2 Å². The van der Waals surface area contributed by atoms with E-state index >= 15 is 0 Å². The van der Waals surface area contributed by atoms with Crippen molar-refractivity contribution in [3.05, 3.63) is 63.2 Å². The number of hydrogen-bond donors (Lipinski definition) is 0. The number of carbonyl (C=O) groups is 2. The number of nitrogens with zero attached hydrogens (tertiary/aromatic N) is 1. The third kappa shape index (κ3) is 5.18. The number of esters is 1. The molecule has 0 aliphatic heterocycles. The van der Waals surface area contributed by atoms with E-state index in [1.165, 1.54) is 0 Å². The molecule has 0 amide bonds. The van der Waals surface area contributed by atoms with E-state index in [9.17, 15) is 37.3 Å². The fourth-order valence-electron chi connectivity index (χ4n) is 2.17. The van der Waals surface area contributed by atoms with Crippen LogP contribution >= 0.6 is 0 Å². The van der Waals surface area contributed by atoms with Crippen LogP contribution in [0.4, 0.5) is 23.2 Å². The lowest BCUT2D eigenvalue weighted by molar-refractivity contribution is -0.385. The first-order valence-electron chi connectivity index (χ1n) is 7.60. The second-order valence-electron chi connectivity index (χ2n) is 5.28. The Labute approximate surface area is 159 Å². The van der Waals surface area contributed by atoms with Crippen LogP contribution in [0.2, 0.25) is 0 Å². The molecule has 0 saturated carbocycles. The Bertz CT molecular complexity index is 965. The van der Waals surface area contributed by atoms with Crippen molar-refractivity contribution in [2.45, 2.75) is 6.61 Å². The molecule has 0 fully saturated rings. The molecule has 0 N–H and O–H groups in total. The molecule has 0 aliphatic rings. The number of hydrogen-bond acceptors (Lipinski definition) is 7. The molecule has 2 aromatic rings. The number of alkyl halides is 2. The number of halogens is 4. The third-order valence-corrected chi connectivity index (χ3v) is 3.49. The van der Waals surface area contributed by atoms with Gasteiger partial charge in [0.05, 0.1) is 18.1 Å². The maximum atomic E-state index is 13.2. The molecule has 12 heteroatoms. The Morgan fingerprint density at radius 2 is 1.79 bits per heavy atom. The van der Waals surface area contributed by atoms with Crippen molar-refractivity contribution in [1.82, 2.24) is 0 Å². The summed E-state index contributed by atoms with van der Waals surface area (Å²) >= 11 is 0. The van der Waals surface area contributed by atoms with Crippen LogP contribution in [0.3, 0.4) is 0 Å². The van der Waals surface area contributed by atoms with Crippen LogP contribution < -0.4 is 9.47 Å². The van der Waals surface area contributed by atoms with Gasteiger partial charge in [-0.3, -0.25) is 14.9 Å². The number of nitro groups is 1. The molecule has 0 atom stereocenters. The number of ketones is 1. The summed E-state index contributed by atoms with van der Waals surface area (Å²) in [5.41, 5.74) is -1.94. The van der Waals surface area contributed by atoms with E-state index in [1.54, 1.807) is 0 Å². The second kappa shape index (κ2) is 8.99. The van der Waals surface area contributed by atoms with Crippen molar-refractivity contribution in [2.75, 3.05) is 13.7 Å². The number of Topliss-reactive ketones (excluding diaryl/α,β-unsaturated/α-hetero) is 1. The maximum Gasteiger partial charge on any atom is 0.387 e. The molecule has 154 valence electrons. The van der Waals surface area contributed by atoms with Crippen LogP contribution in [0.25, 0.3) is 0 Å². The Morgan fingerprint density at radius 3 is 2.34 bits per heavy atom. The van der Waals surface area contributed by atoms with E-state index in [2.05, 4.69) is 9.47 Å². The van der Waals surface area contributed by atoms with Gasteiger partial charge in [0.2, 0.25) is 0 Å². The van der Waals surface area contributed by atoms with Gasteiger partial charge in [0, 0.05) is 11.6 Å². The molecule has 0 bridgehead atoms. The standard InChI is InChI=1S/C17H11F4NO7/c1-27-14-5-9(12(22(25)26)6-15(14)29-17(20)21)16(24)28-7-13(23)8-2-3-10(18)11(19)4-8/h2-6,17H,7H2,1H3. The van der Waals surface area contributed by atoms with E-state index in [4.69, 9.17) is 4.74 Å². The highest BCUT2D eigenvalue weighted by atomic mass is 19.3. The van der Waals surface area contributed by atoms with Crippen molar-refractivity contribution < 1.29 is 46.3 Å². The van der Waals surface area contributed by atoms with Crippen LogP contribution in [0.15, 0.2) is 30.3 Å². The van der Waals surface area contributed by atoms with Crippen LogP contribution in [0, 0.1) is 21.7 Å². The largest absolute Gasteiger partial charge is 0.493 e. The summed E-state index contributed by atoms with van der Waals surface area (Å²) in [6, 6.07) is 3.52. The minimum atomic E-state index is -3.31. The first-order chi connectivity index (χ1) is 13.6. The molecule has 8 nitrogen and oxygen atoms in total. The van der Waals surface area contributed by atoms with E-state index in [0.717, 1.165) is 19.2 Å². The van der Waals surface area contributed by atoms with Gasteiger partial charge in [-0.2, -0.15) is 8.78 Å². The Kier molecular flexibility index (Phi) is 6.70. The lowest BCUT2D eigenvalue weighted by atomic mass is 10.1. The van der Waals surface area contributed by atoms with Gasteiger partial charge in [0.1, 0.15) is 5.56 Å². The average Bonchev–Trinajstić information content (AvgIpc) is 2.67. The first-order valence-corrected chi connectivity index (χ1v) is 7.60. The molecule has 29 heavy (non-hydrogen) atoms. The predicted molar refractivity (Wildman–Crippen MR) is 87.3 cm³/mol. The van der Waals surface area contributed by atoms with Crippen LogP contribution in [-0.2, 0) is 4.74 Å². The van der Waals surface area contributed by atoms with Crippen molar-refractivity contribution in [3.8, 4) is 11.5 Å². The average molecular weight is 417 g/mol. The summed E-state index contributed by atoms with van der Waals surface area (Å²) in [6.45, 7) is -4.26. The third-order valence-electron chi connectivity index (χ3n) is 3.49. The monoisotopic (exact) mass is 417 g/mol. The summed E-state index contributed by atoms with van der Waals surface area (Å²) in [5.74, 6) is -5.86. The maximum absolute atomic E-state index is 13.2. The highest BCUT2D eigenvalue weighted by molar-refractivity contribution is 6.00. The van der Waals surface area contributed by atoms with Crippen molar-refractivity contribution in [3.63, 3.8) is 0 Å². The molecule has 0 aliphatic carbocycles. The van der Waals surface area contributed by atoms with E-state index in [1.807, 2.05) is 0 Å². The Hall–Kier alpha value is -3.70. The molecule has 2 rings (SSSR count). The Balaban J connectivity index is 2.25. The molecule has 0 saturated heterocycles. The van der Waals surface area contributed by atoms with Crippen molar-refractivity contribution in [1.29, 1.82) is 0 Å². The van der Waals surface area contributed by atoms with Gasteiger partial charge in [0.25, 0.3) is 5.69 Å². The topological polar surface area (TPSA) is 105 Å². The highest BCUT2D eigenvalue weighted by Gasteiger charge is 2.27. The zero-order valence-corrected chi connectivity index (χ0v) is 14.5. The fourth-order valence-corrected chi connectivity index (χ4v) is 2.17. The van der Waals surface area contributed by atoms with Crippen LogP contribution in [0.1, 0.15) is 20.7 Å². The van der Waals surface area contributed by atoms with Gasteiger partial charge in [0.15, 0.2) is 35.5 Å². The van der Waals surface area contributed by atoms with Gasteiger partial charge in [-0.05, 0) is 18.2 Å². The smallest absolute Gasteiger partial charge is 0.387 e. The fraction of sp³-hybridized carbons (Fsp3) is 0.176. The zero-order chi connectivity index (χ0) is 21.7. The summed E-state index contributed by atoms with van der Waals surface area (Å²) in [4.78, 5) is 34.2.